The molecule has 0 aliphatic rings. The van der Waals surface area contributed by atoms with Crippen molar-refractivity contribution < 1.29 is 4.42 Å². The van der Waals surface area contributed by atoms with Gasteiger partial charge in [-0.2, -0.15) is 0 Å². The molecule has 270 valence electrons. The number of hydrogen-bond acceptors (Lipinski definition) is 6. The van der Waals surface area contributed by atoms with Gasteiger partial charge in [-0.25, -0.2) is 19.9 Å². The first kappa shape index (κ1) is 32.7. The summed E-state index contributed by atoms with van der Waals surface area (Å²) >= 11 is 1.82. The summed E-state index contributed by atoms with van der Waals surface area (Å²) in [6.45, 7) is 0. The number of pyridine rings is 1. The minimum atomic E-state index is 0.564. The van der Waals surface area contributed by atoms with Crippen LogP contribution in [0.1, 0.15) is 0 Å². The number of furan rings is 1. The molecule has 0 radical (unpaired) electrons. The third-order valence-corrected chi connectivity index (χ3v) is 12.3. The number of rotatable bonds is 5. The fourth-order valence-corrected chi connectivity index (χ4v) is 9.66. The SMILES string of the molecule is c1ccc(-c2nc(-c3ccc(-c4ccc(-c5nc6ccccc6c6c5sc5ccccc56)c5ccccc45)cc3)nc(-c3cccc4c3oc3ccccc34)n2)cc1. The number of hydrogen-bond donors (Lipinski definition) is 0. The quantitative estimate of drug-likeness (QED) is 0.175. The highest BCUT2D eigenvalue weighted by molar-refractivity contribution is 7.26. The van der Waals surface area contributed by atoms with Gasteiger partial charge < -0.3 is 4.42 Å². The zero-order valence-electron chi connectivity index (χ0n) is 30.9. The Bertz CT molecular complexity index is 3570. The molecule has 0 fully saturated rings. The molecule has 0 aliphatic carbocycles. The van der Waals surface area contributed by atoms with Crippen LogP contribution in [0.3, 0.4) is 0 Å². The van der Waals surface area contributed by atoms with E-state index in [1.54, 1.807) is 0 Å². The van der Waals surface area contributed by atoms with E-state index < -0.39 is 0 Å². The Morgan fingerprint density at radius 1 is 0.362 bits per heavy atom. The van der Waals surface area contributed by atoms with E-state index in [0.29, 0.717) is 17.5 Å². The van der Waals surface area contributed by atoms with Crippen molar-refractivity contribution in [2.24, 2.45) is 0 Å². The van der Waals surface area contributed by atoms with Crippen molar-refractivity contribution >= 4 is 75.1 Å². The number of benzene rings is 8. The van der Waals surface area contributed by atoms with Crippen molar-refractivity contribution in [1.82, 2.24) is 19.9 Å². The highest BCUT2D eigenvalue weighted by Crippen LogP contribution is 2.45. The lowest BCUT2D eigenvalue weighted by Gasteiger charge is -2.14. The fraction of sp³-hybridized carbons (Fsp3) is 0. The average Bonchev–Trinajstić information content (AvgIpc) is 3.88. The molecule has 0 saturated carbocycles. The topological polar surface area (TPSA) is 64.7 Å². The van der Waals surface area contributed by atoms with Crippen molar-refractivity contribution in [3.05, 3.63) is 182 Å². The van der Waals surface area contributed by atoms with Gasteiger partial charge in [0.1, 0.15) is 11.2 Å². The van der Waals surface area contributed by atoms with E-state index in [-0.39, 0.29) is 0 Å². The fourth-order valence-electron chi connectivity index (χ4n) is 8.44. The van der Waals surface area contributed by atoms with Crippen LogP contribution >= 0.6 is 11.3 Å². The van der Waals surface area contributed by atoms with Crippen LogP contribution in [0.2, 0.25) is 0 Å². The number of thiophene rings is 1. The van der Waals surface area contributed by atoms with Gasteiger partial charge in [0.05, 0.1) is 21.5 Å². The standard InChI is InChI=1S/C52H30N4OS/c1-2-13-32(14-3-1)50-54-51(56-52(55-50)42-21-12-20-39-37-17-7-10-23-44(37)57-48(39)42)33-27-25-31(26-28-33)34-29-30-38(36-16-5-4-15-35(34)36)47-49-46(40-18-6-9-22-43(40)53-47)41-19-8-11-24-45(41)58-49/h1-30H. The lowest BCUT2D eigenvalue weighted by atomic mass is 9.92. The minimum Gasteiger partial charge on any atom is -0.455 e. The van der Waals surface area contributed by atoms with Crippen molar-refractivity contribution in [3.63, 3.8) is 0 Å². The number of aromatic nitrogens is 4. The van der Waals surface area contributed by atoms with Crippen LogP contribution in [0.25, 0.3) is 120 Å². The lowest BCUT2D eigenvalue weighted by molar-refractivity contribution is 0.669. The van der Waals surface area contributed by atoms with Crippen LogP contribution in [-0.2, 0) is 0 Å². The third kappa shape index (κ3) is 5.16. The number of fused-ring (bicyclic) bond motifs is 9. The Hall–Kier alpha value is -7.54. The van der Waals surface area contributed by atoms with E-state index in [2.05, 4.69) is 121 Å². The molecule has 5 nitrogen and oxygen atoms in total. The van der Waals surface area contributed by atoms with Gasteiger partial charge in [-0.1, -0.05) is 158 Å². The van der Waals surface area contributed by atoms with Crippen LogP contribution in [0.15, 0.2) is 186 Å². The van der Waals surface area contributed by atoms with E-state index in [9.17, 15) is 0 Å². The summed E-state index contributed by atoms with van der Waals surface area (Å²) in [5.74, 6) is 1.77. The summed E-state index contributed by atoms with van der Waals surface area (Å²) in [7, 11) is 0. The second-order valence-corrected chi connectivity index (χ2v) is 15.6. The van der Waals surface area contributed by atoms with E-state index in [0.717, 1.165) is 66.5 Å². The highest BCUT2D eigenvalue weighted by atomic mass is 32.1. The minimum absolute atomic E-state index is 0.564. The van der Waals surface area contributed by atoms with Crippen LogP contribution in [-0.4, -0.2) is 19.9 Å². The maximum atomic E-state index is 6.42. The molecule has 58 heavy (non-hydrogen) atoms. The molecule has 4 aromatic heterocycles. The maximum absolute atomic E-state index is 6.42. The van der Waals surface area contributed by atoms with Crippen molar-refractivity contribution in [1.29, 1.82) is 0 Å². The molecule has 0 unspecified atom stereocenters. The first-order valence-corrected chi connectivity index (χ1v) is 20.1. The van der Waals surface area contributed by atoms with Gasteiger partial charge in [0.25, 0.3) is 0 Å². The van der Waals surface area contributed by atoms with Gasteiger partial charge in [-0.3, -0.25) is 0 Å². The van der Waals surface area contributed by atoms with Crippen molar-refractivity contribution in [3.8, 4) is 56.5 Å². The first-order chi connectivity index (χ1) is 28.7. The maximum Gasteiger partial charge on any atom is 0.167 e. The molecule has 0 saturated heterocycles. The molecule has 12 rings (SSSR count). The molecule has 12 aromatic rings. The predicted molar refractivity (Wildman–Crippen MR) is 240 cm³/mol. The van der Waals surface area contributed by atoms with Crippen LogP contribution in [0.5, 0.6) is 0 Å². The Labute approximate surface area is 336 Å². The summed E-state index contributed by atoms with van der Waals surface area (Å²) in [6.07, 6.45) is 0. The summed E-state index contributed by atoms with van der Waals surface area (Å²) in [4.78, 5) is 20.5. The van der Waals surface area contributed by atoms with Gasteiger partial charge in [-0.15, -0.1) is 11.3 Å². The first-order valence-electron chi connectivity index (χ1n) is 19.3. The van der Waals surface area contributed by atoms with E-state index >= 15 is 0 Å². The monoisotopic (exact) mass is 758 g/mol. The Kier molecular flexibility index (Phi) is 7.33. The summed E-state index contributed by atoms with van der Waals surface area (Å²) in [6, 6.07) is 63.2. The molecular weight excluding hydrogens is 729 g/mol. The molecular formula is C52H30N4OS. The van der Waals surface area contributed by atoms with Crippen molar-refractivity contribution in [2.75, 3.05) is 0 Å². The Balaban J connectivity index is 0.986. The van der Waals surface area contributed by atoms with Gasteiger partial charge >= 0.3 is 0 Å². The van der Waals surface area contributed by atoms with Crippen LogP contribution in [0.4, 0.5) is 0 Å². The van der Waals surface area contributed by atoms with Gasteiger partial charge in [0.2, 0.25) is 0 Å². The lowest BCUT2D eigenvalue weighted by Crippen LogP contribution is -2.00. The van der Waals surface area contributed by atoms with Gasteiger partial charge in [0, 0.05) is 48.3 Å². The zero-order valence-corrected chi connectivity index (χ0v) is 31.7. The second kappa shape index (κ2) is 13.0. The molecule has 0 spiro atoms. The van der Waals surface area contributed by atoms with E-state index in [4.69, 9.17) is 24.4 Å². The third-order valence-electron chi connectivity index (χ3n) is 11.2. The Morgan fingerprint density at radius 3 is 1.76 bits per heavy atom. The molecule has 0 atom stereocenters. The van der Waals surface area contributed by atoms with E-state index in [1.165, 1.54) is 36.3 Å². The van der Waals surface area contributed by atoms with Crippen LogP contribution in [0, 0.1) is 0 Å². The molecule has 0 aliphatic heterocycles. The van der Waals surface area contributed by atoms with Gasteiger partial charge in [-0.05, 0) is 46.2 Å². The summed E-state index contributed by atoms with van der Waals surface area (Å²) in [5.41, 5.74) is 9.64. The van der Waals surface area contributed by atoms with Crippen molar-refractivity contribution in [2.45, 2.75) is 0 Å². The smallest absolute Gasteiger partial charge is 0.167 e. The molecule has 0 amide bonds. The molecule has 0 bridgehead atoms. The summed E-state index contributed by atoms with van der Waals surface area (Å²) in [5, 5.41) is 8.17. The molecule has 8 aromatic carbocycles. The molecule has 6 heteroatoms. The largest absolute Gasteiger partial charge is 0.455 e. The average molecular weight is 759 g/mol. The predicted octanol–water partition coefficient (Wildman–Crippen LogP) is 14.2. The molecule has 4 heterocycles. The highest BCUT2D eigenvalue weighted by Gasteiger charge is 2.20. The Morgan fingerprint density at radius 2 is 0.948 bits per heavy atom. The van der Waals surface area contributed by atoms with E-state index in [1.807, 2.05) is 72.0 Å². The number of nitrogens with zero attached hydrogens (tertiary/aromatic N) is 4. The number of para-hydroxylation sites is 3. The van der Waals surface area contributed by atoms with Gasteiger partial charge in [0.15, 0.2) is 17.5 Å². The normalized spacial score (nSPS) is 11.8. The zero-order chi connectivity index (χ0) is 38.2. The summed E-state index contributed by atoms with van der Waals surface area (Å²) < 4.78 is 8.90. The molecule has 0 N–H and O–H groups in total. The second-order valence-electron chi connectivity index (χ2n) is 14.5. The van der Waals surface area contributed by atoms with Crippen LogP contribution < -0.4 is 0 Å².